The predicted octanol–water partition coefficient (Wildman–Crippen LogP) is 3.06. The fraction of sp³-hybridized carbons (Fsp3) is 0.562. The van der Waals surface area contributed by atoms with Gasteiger partial charge in [0.2, 0.25) is 0 Å². The topological polar surface area (TPSA) is 40.7 Å². The lowest BCUT2D eigenvalue weighted by Crippen LogP contribution is -2.27. The van der Waals surface area contributed by atoms with E-state index in [1.54, 1.807) is 0 Å². The van der Waals surface area contributed by atoms with Gasteiger partial charge in [-0.15, -0.1) is 0 Å². The fourth-order valence-corrected chi connectivity index (χ4v) is 2.96. The molecule has 2 N–H and O–H groups in total. The standard InChI is InChI=1S/C16H23N3/c1-2-12-3-5-14-15(11-12)19-16(18-14)6-4-13-7-9-17-10-8-13/h3,5,11,13,17H,2,4,6-10H2,1H3,(H,18,19). The molecule has 19 heavy (non-hydrogen) atoms. The first-order valence-electron chi connectivity index (χ1n) is 7.53. The van der Waals surface area contributed by atoms with Crippen molar-refractivity contribution in [1.82, 2.24) is 15.3 Å². The summed E-state index contributed by atoms with van der Waals surface area (Å²) in [5, 5.41) is 3.42. The number of nitrogens with zero attached hydrogens (tertiary/aromatic N) is 1. The molecule has 1 aromatic heterocycles. The molecule has 0 aliphatic carbocycles. The van der Waals surface area contributed by atoms with E-state index < -0.39 is 0 Å². The lowest BCUT2D eigenvalue weighted by Gasteiger charge is -2.21. The van der Waals surface area contributed by atoms with E-state index in [0.29, 0.717) is 0 Å². The monoisotopic (exact) mass is 257 g/mol. The van der Waals surface area contributed by atoms with E-state index in [1.165, 1.54) is 43.4 Å². The molecule has 0 saturated carbocycles. The van der Waals surface area contributed by atoms with Crippen LogP contribution < -0.4 is 5.32 Å². The number of H-pyrrole nitrogens is 1. The van der Waals surface area contributed by atoms with Gasteiger partial charge in [0.15, 0.2) is 0 Å². The van der Waals surface area contributed by atoms with E-state index in [9.17, 15) is 0 Å². The van der Waals surface area contributed by atoms with Crippen LogP contribution in [0.25, 0.3) is 11.0 Å². The molecule has 0 radical (unpaired) electrons. The second-order valence-electron chi connectivity index (χ2n) is 5.62. The maximum atomic E-state index is 4.70. The SMILES string of the molecule is CCc1ccc2nc(CCC3CCNCC3)[nH]c2c1. The van der Waals surface area contributed by atoms with Crippen molar-refractivity contribution in [3.05, 3.63) is 29.6 Å². The van der Waals surface area contributed by atoms with Crippen molar-refractivity contribution in [2.75, 3.05) is 13.1 Å². The van der Waals surface area contributed by atoms with Gasteiger partial charge in [0.1, 0.15) is 5.82 Å². The van der Waals surface area contributed by atoms with Crippen LogP contribution in [0.2, 0.25) is 0 Å². The van der Waals surface area contributed by atoms with Gasteiger partial charge >= 0.3 is 0 Å². The maximum absolute atomic E-state index is 4.70. The van der Waals surface area contributed by atoms with E-state index >= 15 is 0 Å². The highest BCUT2D eigenvalue weighted by Gasteiger charge is 2.13. The Kier molecular flexibility index (Phi) is 3.83. The molecule has 1 aliphatic rings. The number of imidazole rings is 1. The Morgan fingerprint density at radius 1 is 1.26 bits per heavy atom. The molecule has 2 heterocycles. The summed E-state index contributed by atoms with van der Waals surface area (Å²) in [5.41, 5.74) is 3.68. The van der Waals surface area contributed by atoms with E-state index in [1.807, 2.05) is 0 Å². The minimum atomic E-state index is 0.876. The van der Waals surface area contributed by atoms with Gasteiger partial charge in [0, 0.05) is 6.42 Å². The van der Waals surface area contributed by atoms with Gasteiger partial charge in [-0.05, 0) is 62.4 Å². The molecule has 1 saturated heterocycles. The first-order valence-corrected chi connectivity index (χ1v) is 7.53. The van der Waals surface area contributed by atoms with Crippen LogP contribution in [0.15, 0.2) is 18.2 Å². The molecular weight excluding hydrogens is 234 g/mol. The van der Waals surface area contributed by atoms with E-state index in [-0.39, 0.29) is 0 Å². The Morgan fingerprint density at radius 3 is 2.89 bits per heavy atom. The molecule has 1 aliphatic heterocycles. The molecule has 0 unspecified atom stereocenters. The largest absolute Gasteiger partial charge is 0.342 e. The molecule has 0 spiro atoms. The molecule has 0 amide bonds. The molecule has 0 atom stereocenters. The third kappa shape index (κ3) is 2.98. The zero-order valence-electron chi connectivity index (χ0n) is 11.7. The summed E-state index contributed by atoms with van der Waals surface area (Å²) in [5.74, 6) is 2.03. The number of nitrogens with one attached hydrogen (secondary N) is 2. The number of benzene rings is 1. The molecule has 3 nitrogen and oxygen atoms in total. The van der Waals surface area contributed by atoms with E-state index in [4.69, 9.17) is 4.98 Å². The Morgan fingerprint density at radius 2 is 2.11 bits per heavy atom. The molecule has 3 heteroatoms. The Balaban J connectivity index is 1.67. The van der Waals surface area contributed by atoms with Gasteiger partial charge in [-0.2, -0.15) is 0 Å². The summed E-state index contributed by atoms with van der Waals surface area (Å²) in [7, 11) is 0. The van der Waals surface area contributed by atoms with Crippen LogP contribution in [0, 0.1) is 5.92 Å². The van der Waals surface area contributed by atoms with Crippen LogP contribution in [0.5, 0.6) is 0 Å². The zero-order valence-corrected chi connectivity index (χ0v) is 11.7. The zero-order chi connectivity index (χ0) is 13.1. The van der Waals surface area contributed by atoms with Crippen LogP contribution >= 0.6 is 0 Å². The summed E-state index contributed by atoms with van der Waals surface area (Å²) in [6.45, 7) is 4.56. The summed E-state index contributed by atoms with van der Waals surface area (Å²) in [6.07, 6.45) is 6.07. The average Bonchev–Trinajstić information content (AvgIpc) is 2.88. The Bertz CT molecular complexity index is 538. The van der Waals surface area contributed by atoms with Crippen LogP contribution in [0.1, 0.15) is 37.6 Å². The minimum Gasteiger partial charge on any atom is -0.342 e. The molecule has 1 fully saturated rings. The molecule has 3 rings (SSSR count). The predicted molar refractivity (Wildman–Crippen MR) is 79.4 cm³/mol. The maximum Gasteiger partial charge on any atom is 0.107 e. The summed E-state index contributed by atoms with van der Waals surface area (Å²) in [6, 6.07) is 6.55. The molecular formula is C16H23N3. The normalized spacial score (nSPS) is 17.1. The van der Waals surface area contributed by atoms with E-state index in [2.05, 4.69) is 35.4 Å². The third-order valence-electron chi connectivity index (χ3n) is 4.25. The van der Waals surface area contributed by atoms with Gasteiger partial charge in [0.25, 0.3) is 0 Å². The minimum absolute atomic E-state index is 0.876. The number of hydrogen-bond acceptors (Lipinski definition) is 2. The Hall–Kier alpha value is -1.35. The highest BCUT2D eigenvalue weighted by molar-refractivity contribution is 5.75. The highest BCUT2D eigenvalue weighted by atomic mass is 14.9. The van der Waals surface area contributed by atoms with Crippen molar-refractivity contribution >= 4 is 11.0 Å². The number of aromatic amines is 1. The van der Waals surface area contributed by atoms with Crippen molar-refractivity contribution in [1.29, 1.82) is 0 Å². The Labute approximate surface area is 114 Å². The van der Waals surface area contributed by atoms with E-state index in [0.717, 1.165) is 30.1 Å². The molecule has 102 valence electrons. The van der Waals surface area contributed by atoms with Gasteiger partial charge in [-0.1, -0.05) is 13.0 Å². The number of aromatic nitrogens is 2. The van der Waals surface area contributed by atoms with Crippen LogP contribution in [0.4, 0.5) is 0 Å². The lowest BCUT2D eigenvalue weighted by molar-refractivity contribution is 0.352. The lowest BCUT2D eigenvalue weighted by atomic mass is 9.93. The van der Waals surface area contributed by atoms with Crippen molar-refractivity contribution in [2.45, 2.75) is 39.0 Å². The average molecular weight is 257 g/mol. The van der Waals surface area contributed by atoms with Crippen molar-refractivity contribution in [2.24, 2.45) is 5.92 Å². The molecule has 1 aromatic carbocycles. The highest BCUT2D eigenvalue weighted by Crippen LogP contribution is 2.20. The third-order valence-corrected chi connectivity index (χ3v) is 4.25. The van der Waals surface area contributed by atoms with Gasteiger partial charge in [-0.3, -0.25) is 0 Å². The van der Waals surface area contributed by atoms with Crippen LogP contribution in [-0.4, -0.2) is 23.1 Å². The van der Waals surface area contributed by atoms with Crippen molar-refractivity contribution in [3.8, 4) is 0 Å². The van der Waals surface area contributed by atoms with Gasteiger partial charge in [-0.25, -0.2) is 4.98 Å². The van der Waals surface area contributed by atoms with Crippen LogP contribution in [0.3, 0.4) is 0 Å². The molecule has 2 aromatic rings. The summed E-state index contributed by atoms with van der Waals surface area (Å²) < 4.78 is 0. The second-order valence-corrected chi connectivity index (χ2v) is 5.62. The van der Waals surface area contributed by atoms with Crippen LogP contribution in [-0.2, 0) is 12.8 Å². The summed E-state index contributed by atoms with van der Waals surface area (Å²) in [4.78, 5) is 8.18. The fourth-order valence-electron chi connectivity index (χ4n) is 2.96. The number of hydrogen-bond donors (Lipinski definition) is 2. The first kappa shape index (κ1) is 12.7. The van der Waals surface area contributed by atoms with Crippen molar-refractivity contribution < 1.29 is 0 Å². The quantitative estimate of drug-likeness (QED) is 0.884. The number of fused-ring (bicyclic) bond motifs is 1. The number of aryl methyl sites for hydroxylation is 2. The van der Waals surface area contributed by atoms with Gasteiger partial charge in [0.05, 0.1) is 11.0 Å². The van der Waals surface area contributed by atoms with Gasteiger partial charge < -0.3 is 10.3 Å². The molecule has 0 bridgehead atoms. The second kappa shape index (κ2) is 5.74. The number of piperidine rings is 1. The summed E-state index contributed by atoms with van der Waals surface area (Å²) >= 11 is 0. The number of rotatable bonds is 4. The smallest absolute Gasteiger partial charge is 0.107 e. The van der Waals surface area contributed by atoms with Crippen molar-refractivity contribution in [3.63, 3.8) is 0 Å². The first-order chi connectivity index (χ1) is 9.35.